The molecule has 4 heteroatoms. The van der Waals surface area contributed by atoms with Crippen molar-refractivity contribution in [2.45, 2.75) is 130 Å². The first-order valence-electron chi connectivity index (χ1n) is 24.9. The van der Waals surface area contributed by atoms with Crippen LogP contribution in [0.2, 0.25) is 0 Å². The summed E-state index contributed by atoms with van der Waals surface area (Å²) in [6, 6.07) is 38.0. The third kappa shape index (κ3) is 18.6. The average molecular weight is 1000 g/mol. The van der Waals surface area contributed by atoms with Crippen molar-refractivity contribution in [1.82, 2.24) is 0 Å². The summed E-state index contributed by atoms with van der Waals surface area (Å²) < 4.78 is 1.80. The Labute approximate surface area is 417 Å². The molecule has 5 aromatic carbocycles. The molecule has 2 nitrogen and oxygen atoms in total. The SMILES string of the molecule is CCCCCCN(CCCCCC)c1ccc(C#Cc2ccc(C#Cc3cc(Br)c(C#Cc4ccc(C#Cc5ccc(N(CCCCCC)CCCCCC)cc5)cc4)cc3Br)cc2)cc1. The van der Waals surface area contributed by atoms with Crippen LogP contribution in [0.15, 0.2) is 118 Å². The first-order valence-corrected chi connectivity index (χ1v) is 26.4. The van der Waals surface area contributed by atoms with Crippen LogP contribution >= 0.6 is 31.9 Å². The quantitative estimate of drug-likeness (QED) is 0.0504. The van der Waals surface area contributed by atoms with Gasteiger partial charge >= 0.3 is 0 Å². The summed E-state index contributed by atoms with van der Waals surface area (Å²) in [7, 11) is 0. The number of anilines is 2. The topological polar surface area (TPSA) is 6.48 Å². The zero-order valence-electron chi connectivity index (χ0n) is 40.2. The molecule has 0 aliphatic heterocycles. The minimum atomic E-state index is 0.889. The van der Waals surface area contributed by atoms with Crippen molar-refractivity contribution in [3.8, 4) is 47.4 Å². The van der Waals surface area contributed by atoms with Gasteiger partial charge in [-0.3, -0.25) is 0 Å². The Morgan fingerprint density at radius 3 is 0.773 bits per heavy atom. The highest BCUT2D eigenvalue weighted by Gasteiger charge is 2.09. The first kappa shape index (κ1) is 51.9. The Kier molecular flexibility index (Phi) is 23.8. The molecule has 0 bridgehead atoms. The summed E-state index contributed by atoms with van der Waals surface area (Å²) in [4.78, 5) is 5.14. The van der Waals surface area contributed by atoms with Crippen LogP contribution < -0.4 is 9.80 Å². The number of rotatable bonds is 22. The molecule has 0 heterocycles. The minimum absolute atomic E-state index is 0.889. The van der Waals surface area contributed by atoms with Crippen molar-refractivity contribution in [3.63, 3.8) is 0 Å². The fourth-order valence-electron chi connectivity index (χ4n) is 7.75. The predicted octanol–water partition coefficient (Wildman–Crippen LogP) is 16.7. The van der Waals surface area contributed by atoms with Crippen molar-refractivity contribution in [1.29, 1.82) is 0 Å². The van der Waals surface area contributed by atoms with Gasteiger partial charge in [0.1, 0.15) is 0 Å². The second kappa shape index (κ2) is 30.2. The molecule has 0 amide bonds. The monoisotopic (exact) mass is 1000 g/mol. The summed E-state index contributed by atoms with van der Waals surface area (Å²) in [5, 5.41) is 0. The van der Waals surface area contributed by atoms with Gasteiger partial charge in [0.15, 0.2) is 0 Å². The summed E-state index contributed by atoms with van der Waals surface area (Å²) in [6.45, 7) is 13.6. The molecule has 0 saturated heterocycles. The van der Waals surface area contributed by atoms with Crippen molar-refractivity contribution >= 4 is 43.2 Å². The van der Waals surface area contributed by atoms with E-state index in [9.17, 15) is 0 Å². The third-order valence-corrected chi connectivity index (χ3v) is 13.1. The smallest absolute Gasteiger partial charge is 0.0403 e. The van der Waals surface area contributed by atoms with E-state index >= 15 is 0 Å². The first-order chi connectivity index (χ1) is 32.4. The summed E-state index contributed by atoms with van der Waals surface area (Å²) in [5.74, 6) is 26.7. The Balaban J connectivity index is 1.15. The zero-order chi connectivity index (χ0) is 46.6. The highest BCUT2D eigenvalue weighted by molar-refractivity contribution is 9.11. The van der Waals surface area contributed by atoms with Crippen LogP contribution in [0.1, 0.15) is 175 Å². The predicted molar refractivity (Wildman–Crippen MR) is 293 cm³/mol. The molecule has 342 valence electrons. The van der Waals surface area contributed by atoms with Crippen molar-refractivity contribution < 1.29 is 0 Å². The van der Waals surface area contributed by atoms with Crippen LogP contribution in [0.4, 0.5) is 11.4 Å². The van der Waals surface area contributed by atoms with Gasteiger partial charge in [-0.1, -0.05) is 152 Å². The third-order valence-electron chi connectivity index (χ3n) is 11.8. The van der Waals surface area contributed by atoms with E-state index < -0.39 is 0 Å². The molecule has 0 aliphatic rings. The van der Waals surface area contributed by atoms with E-state index in [0.717, 1.165) is 79.6 Å². The molecule has 0 aliphatic carbocycles. The van der Waals surface area contributed by atoms with Gasteiger partial charge in [-0.25, -0.2) is 0 Å². The lowest BCUT2D eigenvalue weighted by Gasteiger charge is -2.25. The van der Waals surface area contributed by atoms with Crippen LogP contribution in [0.5, 0.6) is 0 Å². The van der Waals surface area contributed by atoms with E-state index in [0.29, 0.717) is 0 Å². The normalized spacial score (nSPS) is 10.4. The van der Waals surface area contributed by atoms with Gasteiger partial charge < -0.3 is 9.80 Å². The Hall–Kier alpha value is -5.10. The van der Waals surface area contributed by atoms with Gasteiger partial charge in [0.2, 0.25) is 0 Å². The van der Waals surface area contributed by atoms with Crippen molar-refractivity contribution in [2.75, 3.05) is 36.0 Å². The van der Waals surface area contributed by atoms with Gasteiger partial charge in [0, 0.05) is 91.0 Å². The largest absolute Gasteiger partial charge is 0.372 e. The van der Waals surface area contributed by atoms with E-state index in [-0.39, 0.29) is 0 Å². The Bertz CT molecular complexity index is 2250. The molecule has 0 aromatic heterocycles. The molecule has 0 saturated carbocycles. The average Bonchev–Trinajstić information content (AvgIpc) is 3.35. The number of halogens is 2. The Morgan fingerprint density at radius 2 is 0.530 bits per heavy atom. The molecule has 0 atom stereocenters. The number of hydrogen-bond acceptors (Lipinski definition) is 2. The molecule has 0 spiro atoms. The molecule has 0 N–H and O–H groups in total. The number of hydrogen-bond donors (Lipinski definition) is 0. The molecule has 66 heavy (non-hydrogen) atoms. The zero-order valence-corrected chi connectivity index (χ0v) is 43.4. The molecular formula is C62H70Br2N2. The minimum Gasteiger partial charge on any atom is -0.372 e. The Morgan fingerprint density at radius 1 is 0.303 bits per heavy atom. The molecule has 0 radical (unpaired) electrons. The standard InChI is InChI=1S/C62H70Br2N2/c1-5-9-13-17-45-65(46-18-14-10-6-2)59-41-35-55(36-42-59)31-25-51-21-27-53(28-22-51)33-39-57-49-62(64)58(50-61(57)63)40-34-54-29-23-52(24-30-54)26-32-56-37-43-60(44-38-56)66(47-19-15-11-7-3)48-20-16-12-8-4/h21-24,27-30,35-38,41-44,49-50H,5-20,45-48H2,1-4H3. The highest BCUT2D eigenvalue weighted by Crippen LogP contribution is 2.26. The van der Waals surface area contributed by atoms with Gasteiger partial charge in [0.25, 0.3) is 0 Å². The molecule has 5 aromatic rings. The molecule has 5 rings (SSSR count). The summed E-state index contributed by atoms with van der Waals surface area (Å²) in [6.07, 6.45) is 20.6. The number of benzene rings is 5. The number of unbranched alkanes of at least 4 members (excludes halogenated alkanes) is 12. The fraction of sp³-hybridized carbons (Fsp3) is 0.387. The van der Waals surface area contributed by atoms with Crippen LogP contribution in [0, 0.1) is 47.4 Å². The van der Waals surface area contributed by atoms with Gasteiger partial charge in [-0.05, 0) is 167 Å². The highest BCUT2D eigenvalue weighted by atomic mass is 79.9. The van der Waals surface area contributed by atoms with Crippen molar-refractivity contribution in [3.05, 3.63) is 163 Å². The lowest BCUT2D eigenvalue weighted by atomic mass is 10.1. The van der Waals surface area contributed by atoms with E-state index in [4.69, 9.17) is 0 Å². The maximum Gasteiger partial charge on any atom is 0.0403 e. The van der Waals surface area contributed by atoms with Gasteiger partial charge in [0.05, 0.1) is 0 Å². The lowest BCUT2D eigenvalue weighted by molar-refractivity contribution is 0.609. The lowest BCUT2D eigenvalue weighted by Crippen LogP contribution is -2.25. The second-order valence-electron chi connectivity index (χ2n) is 17.3. The van der Waals surface area contributed by atoms with E-state index in [2.05, 4.69) is 165 Å². The number of nitrogens with zero attached hydrogens (tertiary/aromatic N) is 2. The van der Waals surface area contributed by atoms with Gasteiger partial charge in [-0.15, -0.1) is 0 Å². The van der Waals surface area contributed by atoms with Gasteiger partial charge in [-0.2, -0.15) is 0 Å². The maximum absolute atomic E-state index is 3.74. The van der Waals surface area contributed by atoms with Crippen LogP contribution in [0.25, 0.3) is 0 Å². The fourth-order valence-corrected chi connectivity index (χ4v) is 8.63. The van der Waals surface area contributed by atoms with E-state index in [1.807, 2.05) is 60.7 Å². The summed E-state index contributed by atoms with van der Waals surface area (Å²) >= 11 is 7.48. The van der Waals surface area contributed by atoms with Crippen LogP contribution in [-0.4, -0.2) is 26.2 Å². The maximum atomic E-state index is 3.74. The van der Waals surface area contributed by atoms with Crippen LogP contribution in [0.3, 0.4) is 0 Å². The van der Waals surface area contributed by atoms with Crippen molar-refractivity contribution in [2.24, 2.45) is 0 Å². The molecule has 0 unspecified atom stereocenters. The second-order valence-corrected chi connectivity index (χ2v) is 19.0. The summed E-state index contributed by atoms with van der Waals surface area (Å²) in [5.41, 5.74) is 10.3. The molecule has 0 fully saturated rings. The molecular weight excluding hydrogens is 933 g/mol. The van der Waals surface area contributed by atoms with Crippen LogP contribution in [-0.2, 0) is 0 Å². The van der Waals surface area contributed by atoms with E-state index in [1.54, 1.807) is 0 Å². The van der Waals surface area contributed by atoms with E-state index in [1.165, 1.54) is 114 Å².